The average Bonchev–Trinajstić information content (AvgIpc) is 2.58. The van der Waals surface area contributed by atoms with Crippen molar-refractivity contribution in [3.05, 3.63) is 33.5 Å². The van der Waals surface area contributed by atoms with Gasteiger partial charge in [-0.05, 0) is 50.7 Å². The molecule has 0 aliphatic heterocycles. The van der Waals surface area contributed by atoms with Crippen molar-refractivity contribution in [1.82, 2.24) is 5.32 Å². The Morgan fingerprint density at radius 1 is 1.53 bits per heavy atom. The van der Waals surface area contributed by atoms with Gasteiger partial charge >= 0.3 is 0 Å². The van der Waals surface area contributed by atoms with Crippen molar-refractivity contribution >= 4 is 11.3 Å². The van der Waals surface area contributed by atoms with Gasteiger partial charge < -0.3 is 5.32 Å². The van der Waals surface area contributed by atoms with Gasteiger partial charge in [-0.25, -0.2) is 0 Å². The minimum Gasteiger partial charge on any atom is -0.306 e. The molecule has 0 saturated carbocycles. The highest BCUT2D eigenvalue weighted by molar-refractivity contribution is 7.10. The topological polar surface area (TPSA) is 12.0 Å². The third-order valence-electron chi connectivity index (χ3n) is 2.30. The van der Waals surface area contributed by atoms with Crippen LogP contribution in [0.3, 0.4) is 0 Å². The van der Waals surface area contributed by atoms with Crippen molar-refractivity contribution in [1.29, 1.82) is 0 Å². The van der Waals surface area contributed by atoms with E-state index >= 15 is 0 Å². The van der Waals surface area contributed by atoms with Crippen molar-refractivity contribution in [3.63, 3.8) is 0 Å². The Morgan fingerprint density at radius 3 is 2.73 bits per heavy atom. The van der Waals surface area contributed by atoms with Gasteiger partial charge in [0.15, 0.2) is 0 Å². The molecule has 0 aliphatic rings. The van der Waals surface area contributed by atoms with E-state index in [1.807, 2.05) is 11.3 Å². The maximum absolute atomic E-state index is 3.58. The lowest BCUT2D eigenvalue weighted by Crippen LogP contribution is -2.20. The molecule has 1 aromatic heterocycles. The Hall–Kier alpha value is -0.600. The maximum atomic E-state index is 3.58. The molecule has 0 aromatic carbocycles. The minimum absolute atomic E-state index is 0.398. The van der Waals surface area contributed by atoms with E-state index in [0.717, 1.165) is 6.54 Å². The monoisotopic (exact) mass is 223 g/mol. The minimum atomic E-state index is 0.398. The molecule has 0 saturated heterocycles. The third kappa shape index (κ3) is 3.80. The lowest BCUT2D eigenvalue weighted by Gasteiger charge is -2.15. The lowest BCUT2D eigenvalue weighted by molar-refractivity contribution is 0.615. The Bertz CT molecular complexity index is 321. The second-order valence-electron chi connectivity index (χ2n) is 4.14. The predicted octanol–water partition coefficient (Wildman–Crippen LogP) is 4.06. The van der Waals surface area contributed by atoms with Crippen LogP contribution in [0.4, 0.5) is 0 Å². The Morgan fingerprint density at radius 2 is 2.27 bits per heavy atom. The maximum Gasteiger partial charge on any atom is 0.0605 e. The zero-order valence-electron chi connectivity index (χ0n) is 10.1. The van der Waals surface area contributed by atoms with E-state index in [1.54, 1.807) is 0 Å². The Kier molecular flexibility index (Phi) is 5.06. The first kappa shape index (κ1) is 12.5. The molecule has 0 aliphatic carbocycles. The second-order valence-corrected chi connectivity index (χ2v) is 5.09. The molecule has 1 rings (SSSR count). The van der Waals surface area contributed by atoms with Crippen LogP contribution in [0.25, 0.3) is 0 Å². The standard InChI is InChI=1S/C13H21NS/c1-5-7-14-12(9-10(2)3)13-11(4)6-8-15-13/h6,8-9,12,14H,5,7H2,1-4H3. The van der Waals surface area contributed by atoms with Crippen LogP contribution >= 0.6 is 11.3 Å². The van der Waals surface area contributed by atoms with E-state index in [9.17, 15) is 0 Å². The molecular weight excluding hydrogens is 202 g/mol. The van der Waals surface area contributed by atoms with Crippen molar-refractivity contribution in [3.8, 4) is 0 Å². The highest BCUT2D eigenvalue weighted by Gasteiger charge is 2.11. The average molecular weight is 223 g/mol. The number of hydrogen-bond donors (Lipinski definition) is 1. The number of rotatable bonds is 5. The van der Waals surface area contributed by atoms with Crippen LogP contribution in [0.2, 0.25) is 0 Å². The SMILES string of the molecule is CCCNC(C=C(C)C)c1sccc1C. The largest absolute Gasteiger partial charge is 0.306 e. The third-order valence-corrected chi connectivity index (χ3v) is 3.40. The Labute approximate surface area is 97.2 Å². The summed E-state index contributed by atoms with van der Waals surface area (Å²) >= 11 is 1.84. The fourth-order valence-corrected chi connectivity index (χ4v) is 2.53. The smallest absolute Gasteiger partial charge is 0.0605 e. The molecule has 1 unspecified atom stereocenters. The molecule has 0 amide bonds. The van der Waals surface area contributed by atoms with Crippen molar-refractivity contribution < 1.29 is 0 Å². The molecule has 0 radical (unpaired) electrons. The summed E-state index contributed by atoms with van der Waals surface area (Å²) in [7, 11) is 0. The van der Waals surface area contributed by atoms with E-state index in [1.165, 1.54) is 22.4 Å². The van der Waals surface area contributed by atoms with Gasteiger partial charge in [0.05, 0.1) is 6.04 Å². The molecular formula is C13H21NS. The van der Waals surface area contributed by atoms with Gasteiger partial charge in [-0.15, -0.1) is 11.3 Å². The van der Waals surface area contributed by atoms with Gasteiger partial charge in [0.25, 0.3) is 0 Å². The molecule has 84 valence electrons. The van der Waals surface area contributed by atoms with E-state index < -0.39 is 0 Å². The molecule has 0 spiro atoms. The summed E-state index contributed by atoms with van der Waals surface area (Å²) in [6, 6.07) is 2.59. The van der Waals surface area contributed by atoms with Crippen LogP contribution in [-0.4, -0.2) is 6.54 Å². The fourth-order valence-electron chi connectivity index (χ4n) is 1.56. The summed E-state index contributed by atoms with van der Waals surface area (Å²) < 4.78 is 0. The zero-order chi connectivity index (χ0) is 11.3. The van der Waals surface area contributed by atoms with Crippen LogP contribution in [0.15, 0.2) is 23.1 Å². The summed E-state index contributed by atoms with van der Waals surface area (Å²) in [5.41, 5.74) is 2.77. The summed E-state index contributed by atoms with van der Waals surface area (Å²) in [5.74, 6) is 0. The molecule has 1 aromatic rings. The molecule has 1 N–H and O–H groups in total. The first-order chi connectivity index (χ1) is 7.15. The van der Waals surface area contributed by atoms with E-state index in [2.05, 4.69) is 50.5 Å². The van der Waals surface area contributed by atoms with Crippen molar-refractivity contribution in [2.45, 2.75) is 40.2 Å². The number of thiophene rings is 1. The molecule has 0 fully saturated rings. The predicted molar refractivity (Wildman–Crippen MR) is 69.5 cm³/mol. The molecule has 1 heterocycles. The molecule has 0 bridgehead atoms. The highest BCUT2D eigenvalue weighted by Crippen LogP contribution is 2.25. The number of aryl methyl sites for hydroxylation is 1. The first-order valence-electron chi connectivity index (χ1n) is 5.57. The summed E-state index contributed by atoms with van der Waals surface area (Å²) in [4.78, 5) is 1.45. The van der Waals surface area contributed by atoms with Gasteiger partial charge in [-0.3, -0.25) is 0 Å². The fraction of sp³-hybridized carbons (Fsp3) is 0.538. The first-order valence-corrected chi connectivity index (χ1v) is 6.45. The summed E-state index contributed by atoms with van der Waals surface area (Å²) in [6.07, 6.45) is 3.49. The number of hydrogen-bond acceptors (Lipinski definition) is 2. The quantitative estimate of drug-likeness (QED) is 0.742. The van der Waals surface area contributed by atoms with Gasteiger partial charge in [-0.1, -0.05) is 18.6 Å². The van der Waals surface area contributed by atoms with Crippen LogP contribution in [0.1, 0.15) is 43.7 Å². The summed E-state index contributed by atoms with van der Waals surface area (Å²) in [5, 5.41) is 5.75. The molecule has 1 nitrogen and oxygen atoms in total. The highest BCUT2D eigenvalue weighted by atomic mass is 32.1. The van der Waals surface area contributed by atoms with E-state index in [4.69, 9.17) is 0 Å². The normalized spacial score (nSPS) is 12.5. The zero-order valence-corrected chi connectivity index (χ0v) is 10.9. The van der Waals surface area contributed by atoms with Gasteiger partial charge in [-0.2, -0.15) is 0 Å². The van der Waals surface area contributed by atoms with E-state index in [0.29, 0.717) is 6.04 Å². The molecule has 2 heteroatoms. The van der Waals surface area contributed by atoms with Gasteiger partial charge in [0.1, 0.15) is 0 Å². The van der Waals surface area contributed by atoms with Crippen LogP contribution in [0, 0.1) is 6.92 Å². The molecule has 1 atom stereocenters. The molecule has 15 heavy (non-hydrogen) atoms. The number of nitrogens with one attached hydrogen (secondary N) is 1. The van der Waals surface area contributed by atoms with Crippen molar-refractivity contribution in [2.75, 3.05) is 6.54 Å². The lowest BCUT2D eigenvalue weighted by atomic mass is 10.1. The van der Waals surface area contributed by atoms with Gasteiger partial charge in [0, 0.05) is 4.88 Å². The van der Waals surface area contributed by atoms with Crippen LogP contribution in [-0.2, 0) is 0 Å². The Balaban J connectivity index is 2.81. The van der Waals surface area contributed by atoms with Crippen LogP contribution < -0.4 is 5.32 Å². The van der Waals surface area contributed by atoms with Gasteiger partial charge in [0.2, 0.25) is 0 Å². The van der Waals surface area contributed by atoms with Crippen LogP contribution in [0.5, 0.6) is 0 Å². The second kappa shape index (κ2) is 6.09. The van der Waals surface area contributed by atoms with Crippen molar-refractivity contribution in [2.24, 2.45) is 0 Å². The summed E-state index contributed by atoms with van der Waals surface area (Å²) in [6.45, 7) is 9.78. The van der Waals surface area contributed by atoms with E-state index in [-0.39, 0.29) is 0 Å². The number of allylic oxidation sites excluding steroid dienone is 1.